The van der Waals surface area contributed by atoms with E-state index in [-0.39, 0.29) is 0 Å². The molecule has 2 heterocycles. The zero-order valence-electron chi connectivity index (χ0n) is 12.5. The fraction of sp³-hybridized carbons (Fsp3) is 0.625. The van der Waals surface area contributed by atoms with Crippen LogP contribution in [0, 0.1) is 18.8 Å². The summed E-state index contributed by atoms with van der Waals surface area (Å²) in [6, 6.07) is 2.08. The standard InChI is InChI=1S/C16H24N4/c1-12-4-3-5-14(10-12)6-7-17-16-15-11-13(2)19-20(15)9-8-18-16/h8-9,11-12,14H,3-7,10H2,1-2H3,(H,17,18). The van der Waals surface area contributed by atoms with Crippen LogP contribution in [0.4, 0.5) is 5.82 Å². The van der Waals surface area contributed by atoms with Crippen LogP contribution in [0.1, 0.15) is 44.7 Å². The van der Waals surface area contributed by atoms with E-state index >= 15 is 0 Å². The van der Waals surface area contributed by atoms with Crippen molar-refractivity contribution in [2.45, 2.75) is 46.0 Å². The minimum atomic E-state index is 0.887. The van der Waals surface area contributed by atoms with E-state index in [0.29, 0.717) is 0 Å². The maximum atomic E-state index is 4.45. The van der Waals surface area contributed by atoms with Crippen LogP contribution in [0.25, 0.3) is 5.52 Å². The summed E-state index contributed by atoms with van der Waals surface area (Å²) < 4.78 is 1.90. The molecule has 4 heteroatoms. The molecule has 0 bridgehead atoms. The van der Waals surface area contributed by atoms with Crippen LogP contribution in [-0.2, 0) is 0 Å². The van der Waals surface area contributed by atoms with Crippen molar-refractivity contribution in [2.75, 3.05) is 11.9 Å². The van der Waals surface area contributed by atoms with Crippen molar-refractivity contribution in [1.82, 2.24) is 14.6 Å². The van der Waals surface area contributed by atoms with Crippen molar-refractivity contribution < 1.29 is 0 Å². The fourth-order valence-corrected chi connectivity index (χ4v) is 3.40. The quantitative estimate of drug-likeness (QED) is 0.923. The normalized spacial score (nSPS) is 23.1. The third-order valence-electron chi connectivity index (χ3n) is 4.40. The molecule has 0 spiro atoms. The maximum absolute atomic E-state index is 4.45. The van der Waals surface area contributed by atoms with Gasteiger partial charge in [-0.2, -0.15) is 5.10 Å². The van der Waals surface area contributed by atoms with Crippen LogP contribution in [0.15, 0.2) is 18.5 Å². The van der Waals surface area contributed by atoms with Crippen LogP contribution in [0.2, 0.25) is 0 Å². The Hall–Kier alpha value is -1.58. The topological polar surface area (TPSA) is 42.2 Å². The number of nitrogens with zero attached hydrogens (tertiary/aromatic N) is 3. The van der Waals surface area contributed by atoms with Crippen LogP contribution in [0.3, 0.4) is 0 Å². The third kappa shape index (κ3) is 2.94. The fourth-order valence-electron chi connectivity index (χ4n) is 3.40. The Balaban J connectivity index is 1.59. The van der Waals surface area contributed by atoms with Crippen LogP contribution in [-0.4, -0.2) is 21.1 Å². The molecule has 0 aliphatic heterocycles. The monoisotopic (exact) mass is 272 g/mol. The summed E-state index contributed by atoms with van der Waals surface area (Å²) in [7, 11) is 0. The second-order valence-corrected chi connectivity index (χ2v) is 6.24. The number of aryl methyl sites for hydroxylation is 1. The molecule has 2 aromatic rings. The van der Waals surface area contributed by atoms with E-state index in [1.54, 1.807) is 0 Å². The third-order valence-corrected chi connectivity index (χ3v) is 4.40. The molecule has 1 N–H and O–H groups in total. The number of rotatable bonds is 4. The number of hydrogen-bond donors (Lipinski definition) is 1. The summed E-state index contributed by atoms with van der Waals surface area (Å²) in [6.45, 7) is 5.41. The first kappa shape index (κ1) is 13.4. The molecule has 4 nitrogen and oxygen atoms in total. The van der Waals surface area contributed by atoms with E-state index in [2.05, 4.69) is 28.4 Å². The van der Waals surface area contributed by atoms with E-state index in [1.165, 1.54) is 32.1 Å². The van der Waals surface area contributed by atoms with Gasteiger partial charge in [-0.15, -0.1) is 0 Å². The minimum Gasteiger partial charge on any atom is -0.368 e. The Morgan fingerprint density at radius 1 is 1.40 bits per heavy atom. The Morgan fingerprint density at radius 2 is 2.30 bits per heavy atom. The molecular weight excluding hydrogens is 248 g/mol. The van der Waals surface area contributed by atoms with Crippen molar-refractivity contribution in [2.24, 2.45) is 11.8 Å². The molecule has 0 aromatic carbocycles. The molecule has 0 radical (unpaired) electrons. The molecule has 1 aliphatic carbocycles. The Morgan fingerprint density at radius 3 is 3.15 bits per heavy atom. The largest absolute Gasteiger partial charge is 0.368 e. The van der Waals surface area contributed by atoms with E-state index in [0.717, 1.165) is 35.4 Å². The van der Waals surface area contributed by atoms with Gasteiger partial charge in [0, 0.05) is 18.9 Å². The smallest absolute Gasteiger partial charge is 0.152 e. The minimum absolute atomic E-state index is 0.887. The summed E-state index contributed by atoms with van der Waals surface area (Å²) in [5, 5.41) is 7.91. The molecule has 3 rings (SSSR count). The van der Waals surface area contributed by atoms with Gasteiger partial charge < -0.3 is 5.32 Å². The molecular formula is C16H24N4. The first-order chi connectivity index (χ1) is 9.72. The van der Waals surface area contributed by atoms with Crippen LogP contribution >= 0.6 is 0 Å². The van der Waals surface area contributed by atoms with E-state index in [4.69, 9.17) is 0 Å². The SMILES string of the molecule is Cc1cc2c(NCCC3CCCC(C)C3)nccn2n1. The van der Waals surface area contributed by atoms with Gasteiger partial charge in [0.2, 0.25) is 0 Å². The maximum Gasteiger partial charge on any atom is 0.152 e. The van der Waals surface area contributed by atoms with Crippen molar-refractivity contribution >= 4 is 11.3 Å². The first-order valence-corrected chi connectivity index (χ1v) is 7.77. The summed E-state index contributed by atoms with van der Waals surface area (Å²) in [5.41, 5.74) is 2.10. The average molecular weight is 272 g/mol. The Bertz CT molecular complexity index is 575. The van der Waals surface area contributed by atoms with Gasteiger partial charge >= 0.3 is 0 Å². The van der Waals surface area contributed by atoms with Crippen molar-refractivity contribution in [3.63, 3.8) is 0 Å². The molecule has 2 unspecified atom stereocenters. The molecule has 108 valence electrons. The van der Waals surface area contributed by atoms with E-state index < -0.39 is 0 Å². The number of aromatic nitrogens is 3. The van der Waals surface area contributed by atoms with Gasteiger partial charge in [0.1, 0.15) is 5.52 Å². The molecule has 0 saturated heterocycles. The molecule has 1 saturated carbocycles. The van der Waals surface area contributed by atoms with E-state index in [1.807, 2.05) is 23.8 Å². The predicted octanol–water partition coefficient (Wildman–Crippen LogP) is 3.67. The molecule has 2 atom stereocenters. The lowest BCUT2D eigenvalue weighted by Crippen LogP contribution is -2.17. The second kappa shape index (κ2) is 5.81. The van der Waals surface area contributed by atoms with Gasteiger partial charge in [0.25, 0.3) is 0 Å². The van der Waals surface area contributed by atoms with Gasteiger partial charge in [-0.3, -0.25) is 0 Å². The van der Waals surface area contributed by atoms with Crippen molar-refractivity contribution in [3.05, 3.63) is 24.2 Å². The Kier molecular flexibility index (Phi) is 3.90. The van der Waals surface area contributed by atoms with Crippen molar-refractivity contribution in [1.29, 1.82) is 0 Å². The lowest BCUT2D eigenvalue weighted by atomic mass is 9.81. The van der Waals surface area contributed by atoms with Crippen LogP contribution in [0.5, 0.6) is 0 Å². The first-order valence-electron chi connectivity index (χ1n) is 7.77. The highest BCUT2D eigenvalue weighted by Crippen LogP contribution is 2.30. The molecule has 0 amide bonds. The summed E-state index contributed by atoms with van der Waals surface area (Å²) in [6.07, 6.45) is 10.6. The number of hydrogen-bond acceptors (Lipinski definition) is 3. The van der Waals surface area contributed by atoms with Gasteiger partial charge in [-0.25, -0.2) is 9.50 Å². The average Bonchev–Trinajstić information content (AvgIpc) is 2.80. The molecule has 1 fully saturated rings. The highest BCUT2D eigenvalue weighted by atomic mass is 15.2. The summed E-state index contributed by atoms with van der Waals surface area (Å²) in [5.74, 6) is 2.75. The number of fused-ring (bicyclic) bond motifs is 1. The lowest BCUT2D eigenvalue weighted by Gasteiger charge is -2.26. The predicted molar refractivity (Wildman–Crippen MR) is 82.0 cm³/mol. The second-order valence-electron chi connectivity index (χ2n) is 6.24. The van der Waals surface area contributed by atoms with Gasteiger partial charge in [0.05, 0.1) is 5.69 Å². The zero-order valence-corrected chi connectivity index (χ0v) is 12.5. The number of anilines is 1. The number of nitrogens with one attached hydrogen (secondary N) is 1. The summed E-state index contributed by atoms with van der Waals surface area (Å²) in [4.78, 5) is 4.45. The highest BCUT2D eigenvalue weighted by Gasteiger charge is 2.18. The van der Waals surface area contributed by atoms with E-state index in [9.17, 15) is 0 Å². The highest BCUT2D eigenvalue weighted by molar-refractivity contribution is 5.67. The Labute approximate surface area is 120 Å². The summed E-state index contributed by atoms with van der Waals surface area (Å²) >= 11 is 0. The van der Waals surface area contributed by atoms with Crippen molar-refractivity contribution in [3.8, 4) is 0 Å². The lowest BCUT2D eigenvalue weighted by molar-refractivity contribution is 0.274. The molecule has 1 aliphatic rings. The van der Waals surface area contributed by atoms with Crippen LogP contribution < -0.4 is 5.32 Å². The zero-order chi connectivity index (χ0) is 13.9. The molecule has 2 aromatic heterocycles. The van der Waals surface area contributed by atoms with Gasteiger partial charge in [-0.1, -0.05) is 26.2 Å². The molecule has 20 heavy (non-hydrogen) atoms. The van der Waals surface area contributed by atoms with Gasteiger partial charge in [0.15, 0.2) is 5.82 Å². The van der Waals surface area contributed by atoms with Gasteiger partial charge in [-0.05, 0) is 37.7 Å².